The predicted molar refractivity (Wildman–Crippen MR) is 68.4 cm³/mol. The Labute approximate surface area is 102 Å². The number of carbonyl (C=O) groups is 1. The van der Waals surface area contributed by atoms with Gasteiger partial charge in [-0.2, -0.15) is 0 Å². The summed E-state index contributed by atoms with van der Waals surface area (Å²) in [6.45, 7) is 0.755. The molecule has 0 radical (unpaired) electrons. The number of nitrogens with one attached hydrogen (secondary N) is 1. The highest BCUT2D eigenvalue weighted by Crippen LogP contribution is 2.22. The van der Waals surface area contributed by atoms with Crippen molar-refractivity contribution >= 4 is 11.5 Å². The lowest BCUT2D eigenvalue weighted by Crippen LogP contribution is -2.26. The van der Waals surface area contributed by atoms with E-state index < -0.39 is 0 Å². The highest BCUT2D eigenvalue weighted by molar-refractivity contribution is 5.82. The van der Waals surface area contributed by atoms with E-state index in [1.54, 1.807) is 7.11 Å². The minimum Gasteiger partial charge on any atom is -0.497 e. The van der Waals surface area contributed by atoms with Crippen LogP contribution < -0.4 is 10.1 Å². The van der Waals surface area contributed by atoms with Crippen molar-refractivity contribution in [2.75, 3.05) is 19.0 Å². The van der Waals surface area contributed by atoms with Gasteiger partial charge in [-0.25, -0.2) is 0 Å². The fraction of sp³-hybridized carbons (Fsp3) is 0.500. The Morgan fingerprint density at radius 1 is 1.29 bits per heavy atom. The van der Waals surface area contributed by atoms with Crippen LogP contribution in [0.3, 0.4) is 0 Å². The fourth-order valence-electron chi connectivity index (χ4n) is 2.22. The summed E-state index contributed by atoms with van der Waals surface area (Å²) in [7, 11) is 1.66. The topological polar surface area (TPSA) is 38.3 Å². The average molecular weight is 233 g/mol. The van der Waals surface area contributed by atoms with Crippen LogP contribution in [0.25, 0.3) is 0 Å². The molecule has 1 fully saturated rings. The second-order valence-corrected chi connectivity index (χ2v) is 4.52. The molecule has 0 heterocycles. The van der Waals surface area contributed by atoms with Gasteiger partial charge in [0.25, 0.3) is 0 Å². The summed E-state index contributed by atoms with van der Waals surface area (Å²) < 4.78 is 5.10. The summed E-state index contributed by atoms with van der Waals surface area (Å²) in [6.07, 6.45) is 4.04. The monoisotopic (exact) mass is 233 g/mol. The number of rotatable bonds is 4. The summed E-state index contributed by atoms with van der Waals surface area (Å²) in [6, 6.07) is 7.80. The molecule has 92 valence electrons. The van der Waals surface area contributed by atoms with Gasteiger partial charge >= 0.3 is 0 Å². The third kappa shape index (κ3) is 3.22. The molecule has 1 aromatic carbocycles. The van der Waals surface area contributed by atoms with E-state index >= 15 is 0 Å². The second-order valence-electron chi connectivity index (χ2n) is 4.52. The van der Waals surface area contributed by atoms with Gasteiger partial charge in [-0.15, -0.1) is 0 Å². The van der Waals surface area contributed by atoms with Crippen LogP contribution in [0.2, 0.25) is 0 Å². The first-order valence-electron chi connectivity index (χ1n) is 6.20. The van der Waals surface area contributed by atoms with E-state index in [2.05, 4.69) is 5.32 Å². The Balaban J connectivity index is 1.86. The van der Waals surface area contributed by atoms with E-state index in [0.717, 1.165) is 37.2 Å². The largest absolute Gasteiger partial charge is 0.497 e. The zero-order valence-corrected chi connectivity index (χ0v) is 10.2. The maximum Gasteiger partial charge on any atom is 0.137 e. The van der Waals surface area contributed by atoms with Crippen LogP contribution in [0.5, 0.6) is 5.75 Å². The van der Waals surface area contributed by atoms with Crippen LogP contribution in [0, 0.1) is 5.92 Å². The SMILES string of the molecule is COc1ccc(NC[C@@H]2CCCCC2=O)cc1. The number of anilines is 1. The number of carbonyl (C=O) groups excluding carboxylic acids is 1. The van der Waals surface area contributed by atoms with Gasteiger partial charge in [0.1, 0.15) is 11.5 Å². The molecule has 0 aliphatic heterocycles. The average Bonchev–Trinajstić information content (AvgIpc) is 2.38. The molecular weight excluding hydrogens is 214 g/mol. The van der Waals surface area contributed by atoms with Gasteiger partial charge < -0.3 is 10.1 Å². The zero-order chi connectivity index (χ0) is 12.1. The summed E-state index contributed by atoms with van der Waals surface area (Å²) >= 11 is 0. The van der Waals surface area contributed by atoms with Gasteiger partial charge in [0.05, 0.1) is 7.11 Å². The highest BCUT2D eigenvalue weighted by Gasteiger charge is 2.21. The fourth-order valence-corrected chi connectivity index (χ4v) is 2.22. The normalized spacial score (nSPS) is 20.1. The quantitative estimate of drug-likeness (QED) is 0.869. The van der Waals surface area contributed by atoms with Crippen molar-refractivity contribution in [1.29, 1.82) is 0 Å². The summed E-state index contributed by atoms with van der Waals surface area (Å²) in [5.41, 5.74) is 1.05. The Bertz CT molecular complexity index is 372. The van der Waals surface area contributed by atoms with Crippen molar-refractivity contribution in [3.8, 4) is 5.75 Å². The van der Waals surface area contributed by atoms with Gasteiger partial charge in [-0.05, 0) is 37.1 Å². The third-order valence-corrected chi connectivity index (χ3v) is 3.32. The molecule has 3 heteroatoms. The molecule has 17 heavy (non-hydrogen) atoms. The molecular formula is C14H19NO2. The Kier molecular flexibility index (Phi) is 4.02. The molecule has 1 atom stereocenters. The van der Waals surface area contributed by atoms with Gasteiger partial charge in [0, 0.05) is 24.6 Å². The number of methoxy groups -OCH3 is 1. The van der Waals surface area contributed by atoms with Crippen LogP contribution in [-0.4, -0.2) is 19.4 Å². The smallest absolute Gasteiger partial charge is 0.137 e. The third-order valence-electron chi connectivity index (χ3n) is 3.32. The molecule has 0 aromatic heterocycles. The molecule has 0 bridgehead atoms. The summed E-state index contributed by atoms with van der Waals surface area (Å²) in [5.74, 6) is 1.47. The number of ketones is 1. The van der Waals surface area contributed by atoms with Crippen LogP contribution in [0.4, 0.5) is 5.69 Å². The van der Waals surface area contributed by atoms with Crippen molar-refractivity contribution in [2.45, 2.75) is 25.7 Å². The molecule has 1 saturated carbocycles. The van der Waals surface area contributed by atoms with Crippen LogP contribution in [-0.2, 0) is 4.79 Å². The lowest BCUT2D eigenvalue weighted by molar-refractivity contribution is -0.124. The zero-order valence-electron chi connectivity index (χ0n) is 10.2. The first-order valence-corrected chi connectivity index (χ1v) is 6.20. The predicted octanol–water partition coefficient (Wildman–Crippen LogP) is 2.87. The summed E-state index contributed by atoms with van der Waals surface area (Å²) in [5, 5.41) is 3.32. The van der Waals surface area contributed by atoms with E-state index in [9.17, 15) is 4.79 Å². The Morgan fingerprint density at radius 2 is 2.06 bits per heavy atom. The van der Waals surface area contributed by atoms with Gasteiger partial charge in [-0.1, -0.05) is 6.42 Å². The van der Waals surface area contributed by atoms with E-state index in [-0.39, 0.29) is 5.92 Å². The maximum absolute atomic E-state index is 11.7. The van der Waals surface area contributed by atoms with Gasteiger partial charge in [0.2, 0.25) is 0 Å². The van der Waals surface area contributed by atoms with E-state index in [1.807, 2.05) is 24.3 Å². The van der Waals surface area contributed by atoms with Crippen LogP contribution in [0.1, 0.15) is 25.7 Å². The first kappa shape index (κ1) is 12.0. The highest BCUT2D eigenvalue weighted by atomic mass is 16.5. The first-order chi connectivity index (χ1) is 8.29. The lowest BCUT2D eigenvalue weighted by Gasteiger charge is -2.21. The molecule has 0 spiro atoms. The molecule has 0 saturated heterocycles. The van der Waals surface area contributed by atoms with Crippen molar-refractivity contribution in [1.82, 2.24) is 0 Å². The number of hydrogen-bond acceptors (Lipinski definition) is 3. The van der Waals surface area contributed by atoms with E-state index in [4.69, 9.17) is 4.74 Å². The summed E-state index contributed by atoms with van der Waals surface area (Å²) in [4.78, 5) is 11.7. The molecule has 0 unspecified atom stereocenters. The Hall–Kier alpha value is -1.51. The molecule has 1 aliphatic rings. The van der Waals surface area contributed by atoms with E-state index in [1.165, 1.54) is 6.42 Å². The maximum atomic E-state index is 11.7. The van der Waals surface area contributed by atoms with Crippen LogP contribution >= 0.6 is 0 Å². The number of Topliss-reactive ketones (excluding diaryl/α,β-unsaturated/α-hetero) is 1. The number of ether oxygens (including phenoxy) is 1. The van der Waals surface area contributed by atoms with Crippen LogP contribution in [0.15, 0.2) is 24.3 Å². The minimum atomic E-state index is 0.200. The van der Waals surface area contributed by atoms with E-state index in [0.29, 0.717) is 5.78 Å². The molecule has 2 rings (SSSR count). The molecule has 0 amide bonds. The molecule has 1 aliphatic carbocycles. The standard InChI is InChI=1S/C14H19NO2/c1-17-13-8-6-12(7-9-13)15-10-11-4-2-3-5-14(11)16/h6-9,11,15H,2-5,10H2,1H3/t11-/m0/s1. The van der Waals surface area contributed by atoms with Crippen molar-refractivity contribution < 1.29 is 9.53 Å². The molecule has 1 N–H and O–H groups in total. The van der Waals surface area contributed by atoms with Crippen molar-refractivity contribution in [3.63, 3.8) is 0 Å². The van der Waals surface area contributed by atoms with Crippen molar-refractivity contribution in [2.24, 2.45) is 5.92 Å². The Morgan fingerprint density at radius 3 is 2.71 bits per heavy atom. The van der Waals surface area contributed by atoms with Gasteiger partial charge in [-0.3, -0.25) is 4.79 Å². The minimum absolute atomic E-state index is 0.200. The van der Waals surface area contributed by atoms with Gasteiger partial charge in [0.15, 0.2) is 0 Å². The second kappa shape index (κ2) is 5.71. The molecule has 1 aromatic rings. The lowest BCUT2D eigenvalue weighted by atomic mass is 9.88. The number of hydrogen-bond donors (Lipinski definition) is 1. The van der Waals surface area contributed by atoms with Crippen molar-refractivity contribution in [3.05, 3.63) is 24.3 Å². The number of benzene rings is 1. The molecule has 3 nitrogen and oxygen atoms in total.